The number of phenols is 1. The van der Waals surface area contributed by atoms with Crippen molar-refractivity contribution in [3.8, 4) is 17.2 Å². The maximum Gasteiger partial charge on any atom is 0.313 e. The van der Waals surface area contributed by atoms with Gasteiger partial charge in [0.15, 0.2) is 11.5 Å². The first-order valence-electron chi connectivity index (χ1n) is 7.57. The number of aromatic hydroxyl groups is 1. The molecule has 2 aromatic rings. The van der Waals surface area contributed by atoms with Crippen LogP contribution in [0.25, 0.3) is 0 Å². The second kappa shape index (κ2) is 8.05. The standard InChI is InChI=1S/C18H20N2O5/c1-11(12-7-8-15(24-2)16(9-12)25-3)19-17(22)18(23)20-13-5-4-6-14(21)10-13/h4-11,21H,1-3H3,(H,19,22)(H,20,23). The van der Waals surface area contributed by atoms with E-state index in [4.69, 9.17) is 9.47 Å². The van der Waals surface area contributed by atoms with E-state index >= 15 is 0 Å². The number of nitrogens with one attached hydrogen (secondary N) is 2. The van der Waals surface area contributed by atoms with Gasteiger partial charge in [0.05, 0.1) is 20.3 Å². The van der Waals surface area contributed by atoms with Crippen LogP contribution < -0.4 is 20.1 Å². The smallest absolute Gasteiger partial charge is 0.313 e. The van der Waals surface area contributed by atoms with Crippen LogP contribution in [-0.4, -0.2) is 31.1 Å². The van der Waals surface area contributed by atoms with Gasteiger partial charge in [-0.3, -0.25) is 9.59 Å². The zero-order valence-electron chi connectivity index (χ0n) is 14.2. The van der Waals surface area contributed by atoms with Gasteiger partial charge in [-0.25, -0.2) is 0 Å². The maximum atomic E-state index is 12.1. The Labute approximate surface area is 145 Å². The molecule has 0 aliphatic rings. The van der Waals surface area contributed by atoms with Crippen molar-refractivity contribution in [1.82, 2.24) is 5.32 Å². The van der Waals surface area contributed by atoms with Crippen molar-refractivity contribution in [1.29, 1.82) is 0 Å². The van der Waals surface area contributed by atoms with Crippen LogP contribution in [0.4, 0.5) is 5.69 Å². The van der Waals surface area contributed by atoms with Gasteiger partial charge >= 0.3 is 11.8 Å². The maximum absolute atomic E-state index is 12.1. The molecule has 0 aromatic heterocycles. The summed E-state index contributed by atoms with van der Waals surface area (Å²) in [4.78, 5) is 24.0. The van der Waals surface area contributed by atoms with Crippen molar-refractivity contribution in [2.45, 2.75) is 13.0 Å². The molecule has 1 unspecified atom stereocenters. The molecule has 0 saturated heterocycles. The lowest BCUT2D eigenvalue weighted by atomic mass is 10.1. The molecule has 2 rings (SSSR count). The zero-order valence-corrected chi connectivity index (χ0v) is 14.2. The fourth-order valence-corrected chi connectivity index (χ4v) is 2.24. The Kier molecular flexibility index (Phi) is 5.84. The summed E-state index contributed by atoms with van der Waals surface area (Å²) < 4.78 is 10.4. The Morgan fingerprint density at radius 2 is 1.72 bits per heavy atom. The lowest BCUT2D eigenvalue weighted by molar-refractivity contribution is -0.136. The van der Waals surface area contributed by atoms with Gasteiger partial charge in [0.25, 0.3) is 0 Å². The largest absolute Gasteiger partial charge is 0.508 e. The van der Waals surface area contributed by atoms with Gasteiger partial charge in [-0.05, 0) is 36.8 Å². The van der Waals surface area contributed by atoms with E-state index in [9.17, 15) is 14.7 Å². The van der Waals surface area contributed by atoms with Gasteiger partial charge in [0, 0.05) is 11.8 Å². The number of rotatable bonds is 5. The van der Waals surface area contributed by atoms with Crippen molar-refractivity contribution < 1.29 is 24.2 Å². The second-order valence-electron chi connectivity index (χ2n) is 5.31. The number of hydrogen-bond donors (Lipinski definition) is 3. The zero-order chi connectivity index (χ0) is 18.4. The van der Waals surface area contributed by atoms with Crippen LogP contribution in [0, 0.1) is 0 Å². The minimum Gasteiger partial charge on any atom is -0.508 e. The summed E-state index contributed by atoms with van der Waals surface area (Å²) in [5.74, 6) is -0.503. The van der Waals surface area contributed by atoms with Gasteiger partial charge in [-0.15, -0.1) is 0 Å². The number of benzene rings is 2. The Bertz CT molecular complexity index is 776. The molecule has 3 N–H and O–H groups in total. The van der Waals surface area contributed by atoms with Crippen molar-refractivity contribution in [3.63, 3.8) is 0 Å². The van der Waals surface area contributed by atoms with Crippen molar-refractivity contribution in [2.75, 3.05) is 19.5 Å². The average Bonchev–Trinajstić information content (AvgIpc) is 2.60. The minimum absolute atomic E-state index is 0.00287. The van der Waals surface area contributed by atoms with E-state index in [0.29, 0.717) is 17.2 Å². The molecular weight excluding hydrogens is 324 g/mol. The number of carbonyl (C=O) groups excluding carboxylic acids is 2. The van der Waals surface area contributed by atoms with Crippen LogP contribution >= 0.6 is 0 Å². The molecule has 0 saturated carbocycles. The molecular formula is C18H20N2O5. The summed E-state index contributed by atoms with van der Waals surface area (Å²) in [5.41, 5.74) is 1.09. The van der Waals surface area contributed by atoms with Crippen molar-refractivity contribution >= 4 is 17.5 Å². The predicted octanol–water partition coefficient (Wildman–Crippen LogP) is 2.23. The quantitative estimate of drug-likeness (QED) is 0.723. The molecule has 0 heterocycles. The summed E-state index contributed by atoms with van der Waals surface area (Å²) >= 11 is 0. The van der Waals surface area contributed by atoms with Crippen LogP contribution in [0.2, 0.25) is 0 Å². The van der Waals surface area contributed by atoms with Crippen molar-refractivity contribution in [2.24, 2.45) is 0 Å². The number of amides is 2. The molecule has 132 valence electrons. The van der Waals surface area contributed by atoms with E-state index in [1.807, 2.05) is 0 Å². The minimum atomic E-state index is -0.821. The third-order valence-electron chi connectivity index (χ3n) is 3.57. The molecule has 0 spiro atoms. The van der Waals surface area contributed by atoms with Crippen LogP contribution in [-0.2, 0) is 9.59 Å². The van der Waals surface area contributed by atoms with E-state index in [1.165, 1.54) is 26.4 Å². The third-order valence-corrected chi connectivity index (χ3v) is 3.57. The molecule has 2 amide bonds. The molecule has 25 heavy (non-hydrogen) atoms. The fourth-order valence-electron chi connectivity index (χ4n) is 2.24. The van der Waals surface area contributed by atoms with E-state index in [-0.39, 0.29) is 5.75 Å². The summed E-state index contributed by atoms with van der Waals surface area (Å²) in [5, 5.41) is 14.4. The Morgan fingerprint density at radius 3 is 2.36 bits per heavy atom. The predicted molar refractivity (Wildman–Crippen MR) is 92.8 cm³/mol. The summed E-state index contributed by atoms with van der Waals surface area (Å²) in [6.07, 6.45) is 0. The van der Waals surface area contributed by atoms with Crippen molar-refractivity contribution in [3.05, 3.63) is 48.0 Å². The Balaban J connectivity index is 2.03. The van der Waals surface area contributed by atoms with E-state index in [0.717, 1.165) is 5.56 Å². The highest BCUT2D eigenvalue weighted by atomic mass is 16.5. The topological polar surface area (TPSA) is 96.9 Å². The molecule has 7 nitrogen and oxygen atoms in total. The number of anilines is 1. The van der Waals surface area contributed by atoms with Gasteiger partial charge < -0.3 is 25.2 Å². The van der Waals surface area contributed by atoms with E-state index in [1.54, 1.807) is 37.3 Å². The van der Waals surface area contributed by atoms with Gasteiger partial charge in [0.2, 0.25) is 0 Å². The average molecular weight is 344 g/mol. The lowest BCUT2D eigenvalue weighted by Gasteiger charge is -2.16. The molecule has 0 bridgehead atoms. The number of methoxy groups -OCH3 is 2. The first-order chi connectivity index (χ1) is 11.9. The first kappa shape index (κ1) is 18.1. The summed E-state index contributed by atoms with van der Waals surface area (Å²) in [6.45, 7) is 1.75. The second-order valence-corrected chi connectivity index (χ2v) is 5.31. The van der Waals surface area contributed by atoms with Crippen LogP contribution in [0.15, 0.2) is 42.5 Å². The molecule has 7 heteroatoms. The highest BCUT2D eigenvalue weighted by molar-refractivity contribution is 6.39. The van der Waals surface area contributed by atoms with E-state index < -0.39 is 17.9 Å². The monoisotopic (exact) mass is 344 g/mol. The van der Waals surface area contributed by atoms with Gasteiger partial charge in [-0.2, -0.15) is 0 Å². The highest BCUT2D eigenvalue weighted by Crippen LogP contribution is 2.29. The summed E-state index contributed by atoms with van der Waals surface area (Å²) in [6, 6.07) is 10.8. The van der Waals surface area contributed by atoms with E-state index in [2.05, 4.69) is 10.6 Å². The van der Waals surface area contributed by atoms with Gasteiger partial charge in [0.1, 0.15) is 5.75 Å². The Hall–Kier alpha value is -3.22. The molecule has 0 radical (unpaired) electrons. The molecule has 1 atom stereocenters. The normalized spacial score (nSPS) is 11.3. The first-order valence-corrected chi connectivity index (χ1v) is 7.57. The van der Waals surface area contributed by atoms with Gasteiger partial charge in [-0.1, -0.05) is 12.1 Å². The fraction of sp³-hybridized carbons (Fsp3) is 0.222. The molecule has 0 fully saturated rings. The number of ether oxygens (including phenoxy) is 2. The number of phenolic OH excluding ortho intramolecular Hbond substituents is 1. The lowest BCUT2D eigenvalue weighted by Crippen LogP contribution is -2.36. The van der Waals surface area contributed by atoms with Crippen LogP contribution in [0.3, 0.4) is 0 Å². The highest BCUT2D eigenvalue weighted by Gasteiger charge is 2.18. The van der Waals surface area contributed by atoms with Crippen LogP contribution in [0.1, 0.15) is 18.5 Å². The van der Waals surface area contributed by atoms with Crippen LogP contribution in [0.5, 0.6) is 17.2 Å². The SMILES string of the molecule is COc1ccc(C(C)NC(=O)C(=O)Nc2cccc(O)c2)cc1OC. The number of carbonyl (C=O) groups is 2. The molecule has 2 aromatic carbocycles. The number of hydrogen-bond acceptors (Lipinski definition) is 5. The third kappa shape index (κ3) is 4.63. The Morgan fingerprint density at radius 1 is 1.00 bits per heavy atom. The molecule has 0 aliphatic heterocycles. The molecule has 0 aliphatic carbocycles. The summed E-state index contributed by atoms with van der Waals surface area (Å²) in [7, 11) is 3.06.